The second-order valence-electron chi connectivity index (χ2n) is 10.2. The highest BCUT2D eigenvalue weighted by atomic mass is 127. The molecule has 0 saturated heterocycles. The summed E-state index contributed by atoms with van der Waals surface area (Å²) in [6.07, 6.45) is 4.69. The van der Waals surface area contributed by atoms with Crippen LogP contribution in [0.2, 0.25) is 0 Å². The minimum atomic E-state index is -3.32. The fourth-order valence-corrected chi connectivity index (χ4v) is 8.40. The molecule has 4 rings (SSSR count). The number of ketones is 1. The maximum atomic E-state index is 15.5. The molecule has 3 aliphatic rings. The predicted octanol–water partition coefficient (Wildman–Crippen LogP) is 7.70. The zero-order valence-corrected chi connectivity index (χ0v) is 20.4. The maximum absolute atomic E-state index is 15.5. The molecule has 1 aromatic rings. The lowest BCUT2D eigenvalue weighted by Crippen LogP contribution is -2.62. The minimum absolute atomic E-state index is 0.103. The van der Waals surface area contributed by atoms with E-state index in [1.54, 1.807) is 12.1 Å². The van der Waals surface area contributed by atoms with Crippen LogP contribution in [0.3, 0.4) is 0 Å². The van der Waals surface area contributed by atoms with Gasteiger partial charge >= 0.3 is 5.92 Å². The van der Waals surface area contributed by atoms with Gasteiger partial charge in [-0.15, -0.1) is 0 Å². The first-order valence-electron chi connectivity index (χ1n) is 10.3. The normalized spacial score (nSPS) is 39.0. The molecule has 3 fully saturated rings. The molecule has 3 unspecified atom stereocenters. The number of Topliss-reactive ketones (excluding diaryl/α,β-unsaturated/α-hetero) is 1. The molecule has 3 aliphatic carbocycles. The third-order valence-electron chi connectivity index (χ3n) is 8.57. The largest absolute Gasteiger partial charge is 0.310 e. The van der Waals surface area contributed by atoms with Crippen LogP contribution < -0.4 is 0 Å². The fourth-order valence-electron chi connectivity index (χ4n) is 6.90. The van der Waals surface area contributed by atoms with Gasteiger partial charge < -0.3 is 0 Å². The number of fused-ring (bicyclic) bond motifs is 3. The van der Waals surface area contributed by atoms with Crippen LogP contribution in [0.4, 0.5) is 8.78 Å². The van der Waals surface area contributed by atoms with Gasteiger partial charge in [-0.3, -0.25) is 4.79 Å². The quantitative estimate of drug-likeness (QED) is 0.208. The zero-order valence-electron chi connectivity index (χ0n) is 16.7. The van der Waals surface area contributed by atoms with E-state index in [-0.39, 0.29) is 22.8 Å². The lowest BCUT2D eigenvalue weighted by Gasteiger charge is -2.67. The second kappa shape index (κ2) is 6.73. The SMILES string of the molecule is CC1(C)C[C@H]2[C@H]1CCC1(C)C(I)CCC21CC(F)(F)C(=O)c1ccc(Br)cc1. The molecule has 0 amide bonds. The van der Waals surface area contributed by atoms with E-state index >= 15 is 8.78 Å². The van der Waals surface area contributed by atoms with Gasteiger partial charge in [0.15, 0.2) is 0 Å². The zero-order chi connectivity index (χ0) is 20.5. The number of benzene rings is 1. The summed E-state index contributed by atoms with van der Waals surface area (Å²) in [5, 5.41) is 0. The molecular weight excluding hydrogens is 537 g/mol. The molecule has 0 aliphatic heterocycles. The topological polar surface area (TPSA) is 17.1 Å². The molecule has 0 aromatic heterocycles. The summed E-state index contributed by atoms with van der Waals surface area (Å²) in [4.78, 5) is 12.8. The molecule has 0 heterocycles. The fraction of sp³-hybridized carbons (Fsp3) is 0.696. The van der Waals surface area contributed by atoms with Crippen LogP contribution in [0.1, 0.15) is 69.7 Å². The summed E-state index contributed by atoms with van der Waals surface area (Å²) in [7, 11) is 0. The lowest BCUT2D eigenvalue weighted by atomic mass is 9.38. The molecule has 0 bridgehead atoms. The van der Waals surface area contributed by atoms with Crippen molar-refractivity contribution >= 4 is 44.3 Å². The van der Waals surface area contributed by atoms with E-state index in [4.69, 9.17) is 0 Å². The predicted molar refractivity (Wildman–Crippen MR) is 120 cm³/mol. The van der Waals surface area contributed by atoms with Crippen molar-refractivity contribution in [3.8, 4) is 0 Å². The summed E-state index contributed by atoms with van der Waals surface area (Å²) in [6.45, 7) is 6.80. The Hall–Kier alpha value is -0.0400. The number of halogens is 4. The smallest absolute Gasteiger partial charge is 0.287 e. The highest BCUT2D eigenvalue weighted by molar-refractivity contribution is 14.1. The summed E-state index contributed by atoms with van der Waals surface area (Å²) >= 11 is 5.80. The Balaban J connectivity index is 1.68. The van der Waals surface area contributed by atoms with E-state index in [1.807, 2.05) is 0 Å². The minimum Gasteiger partial charge on any atom is -0.287 e. The van der Waals surface area contributed by atoms with Gasteiger partial charge in [0.1, 0.15) is 0 Å². The molecule has 28 heavy (non-hydrogen) atoms. The number of carbonyl (C=O) groups excluding carboxylic acids is 1. The van der Waals surface area contributed by atoms with E-state index in [1.165, 1.54) is 12.1 Å². The Labute approximate surface area is 188 Å². The molecule has 0 N–H and O–H groups in total. The van der Waals surface area contributed by atoms with Crippen molar-refractivity contribution < 1.29 is 13.6 Å². The average Bonchev–Trinajstić information content (AvgIpc) is 2.86. The van der Waals surface area contributed by atoms with E-state index in [2.05, 4.69) is 59.3 Å². The van der Waals surface area contributed by atoms with E-state index in [0.29, 0.717) is 15.8 Å². The van der Waals surface area contributed by atoms with Crippen LogP contribution in [0.15, 0.2) is 28.7 Å². The summed E-state index contributed by atoms with van der Waals surface area (Å²) < 4.78 is 32.1. The first-order chi connectivity index (χ1) is 12.9. The number of hydrogen-bond donors (Lipinski definition) is 0. The molecule has 0 spiro atoms. The lowest BCUT2D eigenvalue weighted by molar-refractivity contribution is -0.196. The molecule has 0 radical (unpaired) electrons. The monoisotopic (exact) mass is 564 g/mol. The number of alkyl halides is 3. The van der Waals surface area contributed by atoms with Gasteiger partial charge in [0.2, 0.25) is 5.78 Å². The second-order valence-corrected chi connectivity index (χ2v) is 12.7. The Morgan fingerprint density at radius 1 is 1.14 bits per heavy atom. The van der Waals surface area contributed by atoms with Crippen molar-refractivity contribution in [1.82, 2.24) is 0 Å². The standard InChI is InChI=1S/C23H28BrF2IO/c1-20(2)12-17-16(20)8-10-21(3)18(27)9-11-22(17,21)13-23(25,26)19(28)14-4-6-15(24)7-5-14/h4-7,16-18H,8-13H2,1-3H3/t16-,17+,18?,21?,22?/m1/s1. The molecule has 154 valence electrons. The maximum Gasteiger partial charge on any atom is 0.310 e. The van der Waals surface area contributed by atoms with Gasteiger partial charge in [-0.25, -0.2) is 0 Å². The van der Waals surface area contributed by atoms with Crippen LogP contribution >= 0.6 is 38.5 Å². The van der Waals surface area contributed by atoms with Crippen LogP contribution in [0.25, 0.3) is 0 Å². The summed E-state index contributed by atoms with van der Waals surface area (Å²) in [5.41, 5.74) is -0.176. The first kappa shape index (κ1) is 21.2. The van der Waals surface area contributed by atoms with Crippen molar-refractivity contribution in [2.24, 2.45) is 28.1 Å². The van der Waals surface area contributed by atoms with Crippen LogP contribution in [-0.4, -0.2) is 15.6 Å². The summed E-state index contributed by atoms with van der Waals surface area (Å²) in [6, 6.07) is 6.33. The van der Waals surface area contributed by atoms with Crippen molar-refractivity contribution in [3.05, 3.63) is 34.3 Å². The van der Waals surface area contributed by atoms with Crippen LogP contribution in [0.5, 0.6) is 0 Å². The van der Waals surface area contributed by atoms with Crippen LogP contribution in [0, 0.1) is 28.1 Å². The number of rotatable bonds is 4. The van der Waals surface area contributed by atoms with Crippen molar-refractivity contribution in [2.45, 2.75) is 69.1 Å². The van der Waals surface area contributed by atoms with Gasteiger partial charge in [-0.1, -0.05) is 71.4 Å². The Bertz CT molecular complexity index is 792. The highest BCUT2D eigenvalue weighted by Gasteiger charge is 2.70. The number of hydrogen-bond acceptors (Lipinski definition) is 1. The van der Waals surface area contributed by atoms with Gasteiger partial charge in [0, 0.05) is 20.4 Å². The highest BCUT2D eigenvalue weighted by Crippen LogP contribution is 2.76. The Morgan fingerprint density at radius 2 is 1.79 bits per heavy atom. The van der Waals surface area contributed by atoms with E-state index in [9.17, 15) is 4.79 Å². The molecular formula is C23H28BrF2IO. The summed E-state index contributed by atoms with van der Waals surface area (Å²) in [5.74, 6) is -3.50. The Kier molecular flexibility index (Phi) is 5.10. The van der Waals surface area contributed by atoms with Crippen LogP contribution in [-0.2, 0) is 0 Å². The van der Waals surface area contributed by atoms with Crippen molar-refractivity contribution in [2.75, 3.05) is 0 Å². The third kappa shape index (κ3) is 2.96. The molecule has 1 aromatic carbocycles. The Morgan fingerprint density at radius 3 is 2.39 bits per heavy atom. The number of carbonyl (C=O) groups is 1. The average molecular weight is 565 g/mol. The van der Waals surface area contributed by atoms with Gasteiger partial charge in [-0.2, -0.15) is 8.78 Å². The van der Waals surface area contributed by atoms with Gasteiger partial charge in [0.05, 0.1) is 0 Å². The molecule has 5 atom stereocenters. The van der Waals surface area contributed by atoms with E-state index in [0.717, 1.165) is 36.6 Å². The van der Waals surface area contributed by atoms with Crippen molar-refractivity contribution in [1.29, 1.82) is 0 Å². The van der Waals surface area contributed by atoms with E-state index < -0.39 is 17.1 Å². The molecule has 5 heteroatoms. The van der Waals surface area contributed by atoms with Crippen molar-refractivity contribution in [3.63, 3.8) is 0 Å². The third-order valence-corrected chi connectivity index (χ3v) is 11.1. The first-order valence-corrected chi connectivity index (χ1v) is 12.3. The van der Waals surface area contributed by atoms with Gasteiger partial charge in [0.25, 0.3) is 0 Å². The van der Waals surface area contributed by atoms with Gasteiger partial charge in [-0.05, 0) is 72.3 Å². The molecule has 3 saturated carbocycles. The molecule has 1 nitrogen and oxygen atoms in total.